The lowest BCUT2D eigenvalue weighted by Crippen LogP contribution is -2.45. The van der Waals surface area contributed by atoms with Gasteiger partial charge in [0.05, 0.1) is 30.3 Å². The second kappa shape index (κ2) is 6.40. The van der Waals surface area contributed by atoms with Crippen LogP contribution in [-0.4, -0.2) is 42.6 Å². The standard InChI is InChI=1S/C19H21N3O4S/c1-13-7-8-15(10-20-13)21-18(23)17-9-19(12-26-17)16-6-4-3-5-14(16)11-22(19)27(2,24)25/h3-8,10,17H,9,11-12H2,1-2H3,(H,21,23)/t17-,19+/m0/s1. The predicted octanol–water partition coefficient (Wildman–Crippen LogP) is 1.79. The average Bonchev–Trinajstić information content (AvgIpc) is 3.20. The lowest BCUT2D eigenvalue weighted by molar-refractivity contribution is -0.124. The summed E-state index contributed by atoms with van der Waals surface area (Å²) in [6.07, 6.45) is 2.33. The number of rotatable bonds is 3. The molecular weight excluding hydrogens is 366 g/mol. The van der Waals surface area contributed by atoms with E-state index in [1.54, 1.807) is 12.3 Å². The van der Waals surface area contributed by atoms with Crippen molar-refractivity contribution in [2.75, 3.05) is 18.2 Å². The van der Waals surface area contributed by atoms with Gasteiger partial charge in [0.1, 0.15) is 6.10 Å². The molecule has 1 amide bonds. The fourth-order valence-electron chi connectivity index (χ4n) is 3.94. The van der Waals surface area contributed by atoms with Crippen molar-refractivity contribution in [2.24, 2.45) is 0 Å². The molecule has 1 fully saturated rings. The summed E-state index contributed by atoms with van der Waals surface area (Å²) in [6.45, 7) is 2.32. The number of fused-ring (bicyclic) bond motifs is 2. The fraction of sp³-hybridized carbons (Fsp3) is 0.368. The first-order chi connectivity index (χ1) is 12.8. The first kappa shape index (κ1) is 18.1. The number of hydrogen-bond donors (Lipinski definition) is 1. The Hall–Kier alpha value is -2.29. The van der Waals surface area contributed by atoms with Crippen LogP contribution in [-0.2, 0) is 31.6 Å². The normalized spacial score (nSPS) is 24.9. The molecule has 1 aromatic carbocycles. The van der Waals surface area contributed by atoms with E-state index >= 15 is 0 Å². The minimum absolute atomic E-state index is 0.154. The number of ether oxygens (including phenoxy) is 1. The molecule has 1 saturated heterocycles. The van der Waals surface area contributed by atoms with Crippen LogP contribution < -0.4 is 5.32 Å². The first-order valence-electron chi connectivity index (χ1n) is 8.71. The first-order valence-corrected chi connectivity index (χ1v) is 10.6. The van der Waals surface area contributed by atoms with Gasteiger partial charge < -0.3 is 10.1 Å². The fourth-order valence-corrected chi connectivity index (χ4v) is 5.18. The molecule has 7 nitrogen and oxygen atoms in total. The topological polar surface area (TPSA) is 88.6 Å². The summed E-state index contributed by atoms with van der Waals surface area (Å²) in [7, 11) is -3.46. The van der Waals surface area contributed by atoms with Crippen molar-refractivity contribution in [3.8, 4) is 0 Å². The molecule has 2 aliphatic rings. The number of aryl methyl sites for hydroxylation is 1. The van der Waals surface area contributed by atoms with Gasteiger partial charge in [-0.25, -0.2) is 8.42 Å². The SMILES string of the molecule is Cc1ccc(NC(=O)[C@@H]2C[C@@]3(CO2)c2ccccc2CN3S(C)(=O)=O)cn1. The lowest BCUT2D eigenvalue weighted by atomic mass is 9.88. The Morgan fingerprint density at radius 3 is 2.78 bits per heavy atom. The number of anilines is 1. The lowest BCUT2D eigenvalue weighted by Gasteiger charge is -2.32. The maximum Gasteiger partial charge on any atom is 0.253 e. The van der Waals surface area contributed by atoms with E-state index in [9.17, 15) is 13.2 Å². The summed E-state index contributed by atoms with van der Waals surface area (Å²) in [6, 6.07) is 11.2. The van der Waals surface area contributed by atoms with Crippen LogP contribution in [0.2, 0.25) is 0 Å². The van der Waals surface area contributed by atoms with E-state index in [4.69, 9.17) is 4.74 Å². The summed E-state index contributed by atoms with van der Waals surface area (Å²) in [5, 5.41) is 2.80. The van der Waals surface area contributed by atoms with Crippen LogP contribution >= 0.6 is 0 Å². The predicted molar refractivity (Wildman–Crippen MR) is 100 cm³/mol. The molecule has 2 atom stereocenters. The zero-order valence-corrected chi connectivity index (χ0v) is 16.0. The Balaban J connectivity index is 1.61. The Bertz CT molecular complexity index is 990. The van der Waals surface area contributed by atoms with E-state index in [0.717, 1.165) is 16.8 Å². The van der Waals surface area contributed by atoms with Crippen molar-refractivity contribution in [3.63, 3.8) is 0 Å². The van der Waals surface area contributed by atoms with E-state index in [2.05, 4.69) is 10.3 Å². The van der Waals surface area contributed by atoms with Crippen LogP contribution in [0.25, 0.3) is 0 Å². The molecule has 0 bridgehead atoms. The highest BCUT2D eigenvalue weighted by Crippen LogP contribution is 2.48. The van der Waals surface area contributed by atoms with Gasteiger partial charge in [-0.05, 0) is 30.2 Å². The van der Waals surface area contributed by atoms with Crippen molar-refractivity contribution in [1.82, 2.24) is 9.29 Å². The monoisotopic (exact) mass is 387 g/mol. The third kappa shape index (κ3) is 3.13. The van der Waals surface area contributed by atoms with Crippen molar-refractivity contribution in [1.29, 1.82) is 0 Å². The molecule has 4 rings (SSSR count). The average molecular weight is 387 g/mol. The molecule has 1 N–H and O–H groups in total. The zero-order valence-electron chi connectivity index (χ0n) is 15.2. The molecule has 0 unspecified atom stereocenters. The molecule has 27 heavy (non-hydrogen) atoms. The van der Waals surface area contributed by atoms with Crippen LogP contribution in [0, 0.1) is 6.92 Å². The number of nitrogens with zero attached hydrogens (tertiary/aromatic N) is 2. The van der Waals surface area contributed by atoms with Gasteiger partial charge >= 0.3 is 0 Å². The van der Waals surface area contributed by atoms with Crippen LogP contribution in [0.4, 0.5) is 5.69 Å². The minimum atomic E-state index is -3.46. The number of carbonyl (C=O) groups excluding carboxylic acids is 1. The highest BCUT2D eigenvalue weighted by atomic mass is 32.2. The number of carbonyl (C=O) groups is 1. The van der Waals surface area contributed by atoms with E-state index in [0.29, 0.717) is 12.2 Å². The minimum Gasteiger partial charge on any atom is -0.366 e. The van der Waals surface area contributed by atoms with Crippen LogP contribution in [0.3, 0.4) is 0 Å². The molecule has 8 heteroatoms. The molecule has 0 radical (unpaired) electrons. The number of amides is 1. The second-order valence-corrected chi connectivity index (χ2v) is 9.05. The molecule has 0 aliphatic carbocycles. The Labute approximate surface area is 158 Å². The third-order valence-electron chi connectivity index (χ3n) is 5.23. The van der Waals surface area contributed by atoms with Gasteiger partial charge in [0, 0.05) is 18.7 Å². The maximum atomic E-state index is 12.7. The van der Waals surface area contributed by atoms with Gasteiger partial charge in [-0.3, -0.25) is 9.78 Å². The van der Waals surface area contributed by atoms with Crippen molar-refractivity contribution in [3.05, 3.63) is 59.4 Å². The van der Waals surface area contributed by atoms with E-state index < -0.39 is 21.7 Å². The second-order valence-electron chi connectivity index (χ2n) is 7.14. The van der Waals surface area contributed by atoms with Gasteiger partial charge in [0.2, 0.25) is 10.0 Å². The number of benzene rings is 1. The van der Waals surface area contributed by atoms with Gasteiger partial charge in [-0.15, -0.1) is 0 Å². The summed E-state index contributed by atoms with van der Waals surface area (Å²) in [5.41, 5.74) is 2.48. The van der Waals surface area contributed by atoms with E-state index in [1.165, 1.54) is 10.6 Å². The number of pyridine rings is 1. The Morgan fingerprint density at radius 2 is 2.07 bits per heavy atom. The van der Waals surface area contributed by atoms with E-state index in [1.807, 2.05) is 37.3 Å². The molecule has 2 aliphatic heterocycles. The summed E-state index contributed by atoms with van der Waals surface area (Å²) >= 11 is 0. The largest absolute Gasteiger partial charge is 0.366 e. The molecule has 3 heterocycles. The van der Waals surface area contributed by atoms with Gasteiger partial charge in [0.25, 0.3) is 5.91 Å². The van der Waals surface area contributed by atoms with Gasteiger partial charge in [-0.2, -0.15) is 4.31 Å². The quantitative estimate of drug-likeness (QED) is 0.867. The van der Waals surface area contributed by atoms with Crippen molar-refractivity contribution < 1.29 is 17.9 Å². The summed E-state index contributed by atoms with van der Waals surface area (Å²) < 4.78 is 32.1. The number of sulfonamides is 1. The number of aromatic nitrogens is 1. The third-order valence-corrected chi connectivity index (χ3v) is 6.51. The van der Waals surface area contributed by atoms with E-state index in [-0.39, 0.29) is 18.9 Å². The van der Waals surface area contributed by atoms with Crippen molar-refractivity contribution in [2.45, 2.75) is 31.5 Å². The molecular formula is C19H21N3O4S. The Morgan fingerprint density at radius 1 is 1.30 bits per heavy atom. The molecule has 1 aromatic heterocycles. The van der Waals surface area contributed by atoms with Gasteiger partial charge in [0.15, 0.2) is 0 Å². The van der Waals surface area contributed by atoms with Crippen LogP contribution in [0.5, 0.6) is 0 Å². The van der Waals surface area contributed by atoms with Gasteiger partial charge in [-0.1, -0.05) is 24.3 Å². The van der Waals surface area contributed by atoms with Crippen molar-refractivity contribution >= 4 is 21.6 Å². The molecule has 1 spiro atoms. The number of hydrogen-bond acceptors (Lipinski definition) is 5. The van der Waals surface area contributed by atoms with Crippen LogP contribution in [0.15, 0.2) is 42.6 Å². The van der Waals surface area contributed by atoms with Crippen LogP contribution in [0.1, 0.15) is 23.2 Å². The Kier molecular flexibility index (Phi) is 4.29. The smallest absolute Gasteiger partial charge is 0.253 e. The zero-order chi connectivity index (χ0) is 19.2. The maximum absolute atomic E-state index is 12.7. The number of nitrogens with one attached hydrogen (secondary N) is 1. The summed E-state index contributed by atoms with van der Waals surface area (Å²) in [5.74, 6) is -0.296. The molecule has 2 aromatic rings. The highest BCUT2D eigenvalue weighted by Gasteiger charge is 2.55. The molecule has 0 saturated carbocycles. The molecule has 142 valence electrons. The summed E-state index contributed by atoms with van der Waals surface area (Å²) in [4.78, 5) is 16.8. The highest BCUT2D eigenvalue weighted by molar-refractivity contribution is 7.88.